The number of methoxy groups -OCH3 is 1. The fraction of sp³-hybridized carbons (Fsp3) is 0.857. The van der Waals surface area contributed by atoms with Gasteiger partial charge in [0.25, 0.3) is 0 Å². The van der Waals surface area contributed by atoms with Crippen LogP contribution in [-0.4, -0.2) is 23.6 Å². The first-order valence-electron chi connectivity index (χ1n) is 3.16. The van der Waals surface area contributed by atoms with Crippen molar-refractivity contribution in [3.8, 4) is 0 Å². The molecule has 0 aromatic heterocycles. The zero-order chi connectivity index (χ0) is 8.20. The van der Waals surface area contributed by atoms with Crippen LogP contribution in [0.2, 0.25) is 0 Å². The minimum Gasteiger partial charge on any atom is -0.468 e. The van der Waals surface area contributed by atoms with E-state index in [-0.39, 0.29) is 10.7 Å². The molecular weight excluding hydrogens is 148 g/mol. The Labute approximate surface area is 66.3 Å². The number of ether oxygens (including phenoxy) is 1. The maximum atomic E-state index is 10.6. The SMILES string of the molecule is COC(=O)CSC(C)(C)C. The predicted octanol–water partition coefficient (Wildman–Crippen LogP) is 1.69. The average Bonchev–Trinajstić information content (AvgIpc) is 1.81. The van der Waals surface area contributed by atoms with Crippen molar-refractivity contribution < 1.29 is 9.53 Å². The van der Waals surface area contributed by atoms with Crippen LogP contribution in [0.5, 0.6) is 0 Å². The molecule has 0 radical (unpaired) electrons. The van der Waals surface area contributed by atoms with Crippen LogP contribution < -0.4 is 0 Å². The molecular formula is C7H14O2S. The fourth-order valence-electron chi connectivity index (χ4n) is 0.334. The van der Waals surface area contributed by atoms with E-state index in [1.807, 2.05) is 0 Å². The third-order valence-corrected chi connectivity index (χ3v) is 2.10. The van der Waals surface area contributed by atoms with Gasteiger partial charge in [0.1, 0.15) is 0 Å². The van der Waals surface area contributed by atoms with Crippen LogP contribution >= 0.6 is 11.8 Å². The van der Waals surface area contributed by atoms with E-state index >= 15 is 0 Å². The lowest BCUT2D eigenvalue weighted by Gasteiger charge is -2.15. The van der Waals surface area contributed by atoms with Gasteiger partial charge in [-0.05, 0) is 0 Å². The van der Waals surface area contributed by atoms with Gasteiger partial charge in [-0.1, -0.05) is 20.8 Å². The Balaban J connectivity index is 3.46. The molecule has 0 amide bonds. The minimum absolute atomic E-state index is 0.147. The van der Waals surface area contributed by atoms with Crippen molar-refractivity contribution in [2.75, 3.05) is 12.9 Å². The fourth-order valence-corrected chi connectivity index (χ4v) is 1.00. The summed E-state index contributed by atoms with van der Waals surface area (Å²) in [5.41, 5.74) is 0. The van der Waals surface area contributed by atoms with Gasteiger partial charge < -0.3 is 4.74 Å². The van der Waals surface area contributed by atoms with Crippen molar-refractivity contribution in [2.45, 2.75) is 25.5 Å². The third kappa shape index (κ3) is 5.95. The summed E-state index contributed by atoms with van der Waals surface area (Å²) in [6.07, 6.45) is 0. The number of rotatable bonds is 2. The van der Waals surface area contributed by atoms with Gasteiger partial charge in [-0.3, -0.25) is 4.79 Å². The van der Waals surface area contributed by atoms with Crippen molar-refractivity contribution >= 4 is 17.7 Å². The number of thioether (sulfide) groups is 1. The number of hydrogen-bond donors (Lipinski definition) is 0. The van der Waals surface area contributed by atoms with Crippen LogP contribution in [0.25, 0.3) is 0 Å². The van der Waals surface area contributed by atoms with Crippen LogP contribution in [0.1, 0.15) is 20.8 Å². The first-order chi connectivity index (χ1) is 4.45. The lowest BCUT2D eigenvalue weighted by atomic mass is 10.3. The second kappa shape index (κ2) is 3.86. The van der Waals surface area contributed by atoms with E-state index in [1.54, 1.807) is 11.8 Å². The van der Waals surface area contributed by atoms with Crippen LogP contribution in [0.15, 0.2) is 0 Å². The first-order valence-corrected chi connectivity index (χ1v) is 4.15. The number of esters is 1. The maximum Gasteiger partial charge on any atom is 0.315 e. The Morgan fingerprint density at radius 2 is 2.00 bits per heavy atom. The minimum atomic E-state index is -0.153. The molecule has 2 nitrogen and oxygen atoms in total. The molecule has 0 aromatic rings. The molecule has 0 saturated carbocycles. The zero-order valence-electron chi connectivity index (χ0n) is 6.93. The number of carbonyl (C=O) groups excluding carboxylic acids is 1. The molecule has 0 fully saturated rings. The van der Waals surface area contributed by atoms with Crippen molar-refractivity contribution in [3.05, 3.63) is 0 Å². The molecule has 0 rings (SSSR count). The highest BCUT2D eigenvalue weighted by Gasteiger charge is 2.12. The Morgan fingerprint density at radius 1 is 1.50 bits per heavy atom. The second-order valence-electron chi connectivity index (χ2n) is 2.98. The molecule has 0 saturated heterocycles. The van der Waals surface area contributed by atoms with Gasteiger partial charge in [0.15, 0.2) is 0 Å². The predicted molar refractivity (Wildman–Crippen MR) is 44.2 cm³/mol. The maximum absolute atomic E-state index is 10.6. The molecule has 0 N–H and O–H groups in total. The Morgan fingerprint density at radius 3 is 2.30 bits per heavy atom. The Kier molecular flexibility index (Phi) is 3.79. The van der Waals surface area contributed by atoms with E-state index < -0.39 is 0 Å². The topological polar surface area (TPSA) is 26.3 Å². The zero-order valence-corrected chi connectivity index (χ0v) is 7.75. The van der Waals surface area contributed by atoms with Gasteiger partial charge in [-0.2, -0.15) is 0 Å². The highest BCUT2D eigenvalue weighted by atomic mass is 32.2. The summed E-state index contributed by atoms with van der Waals surface area (Å²) in [6, 6.07) is 0. The van der Waals surface area contributed by atoms with Crippen LogP contribution in [0, 0.1) is 0 Å². The summed E-state index contributed by atoms with van der Waals surface area (Å²) < 4.78 is 4.63. The summed E-state index contributed by atoms with van der Waals surface area (Å²) in [6.45, 7) is 6.21. The van der Waals surface area contributed by atoms with E-state index in [2.05, 4.69) is 25.5 Å². The van der Waals surface area contributed by atoms with Crippen molar-refractivity contribution in [2.24, 2.45) is 0 Å². The first kappa shape index (κ1) is 9.82. The van der Waals surface area contributed by atoms with Gasteiger partial charge in [-0.25, -0.2) is 0 Å². The summed E-state index contributed by atoms with van der Waals surface area (Å²) in [4.78, 5) is 10.6. The molecule has 0 unspecified atom stereocenters. The molecule has 0 aromatic carbocycles. The molecule has 0 bridgehead atoms. The Bertz CT molecular complexity index is 115. The second-order valence-corrected chi connectivity index (χ2v) is 4.78. The van der Waals surface area contributed by atoms with Crippen molar-refractivity contribution in [1.82, 2.24) is 0 Å². The molecule has 0 aliphatic heterocycles. The molecule has 0 heterocycles. The lowest BCUT2D eigenvalue weighted by molar-refractivity contribution is -0.137. The van der Waals surface area contributed by atoms with E-state index in [4.69, 9.17) is 0 Å². The quantitative estimate of drug-likeness (QED) is 0.578. The third-order valence-electron chi connectivity index (χ3n) is 0.851. The number of carbonyl (C=O) groups is 1. The van der Waals surface area contributed by atoms with Gasteiger partial charge in [0, 0.05) is 4.75 Å². The largest absolute Gasteiger partial charge is 0.468 e. The van der Waals surface area contributed by atoms with E-state index in [0.29, 0.717) is 5.75 Å². The van der Waals surface area contributed by atoms with Crippen LogP contribution in [0.3, 0.4) is 0 Å². The molecule has 0 aliphatic rings. The highest BCUT2D eigenvalue weighted by Crippen LogP contribution is 2.22. The lowest BCUT2D eigenvalue weighted by Crippen LogP contribution is -2.13. The molecule has 60 valence electrons. The van der Waals surface area contributed by atoms with Crippen molar-refractivity contribution in [3.63, 3.8) is 0 Å². The Hall–Kier alpha value is -0.180. The average molecular weight is 162 g/mol. The number of hydrogen-bond acceptors (Lipinski definition) is 3. The standard InChI is InChI=1S/C7H14O2S/c1-7(2,3)10-5-6(8)9-4/h5H2,1-4H3. The van der Waals surface area contributed by atoms with Gasteiger partial charge in [0.05, 0.1) is 12.9 Å². The van der Waals surface area contributed by atoms with Crippen LogP contribution in [-0.2, 0) is 9.53 Å². The summed E-state index contributed by atoms with van der Waals surface area (Å²) in [7, 11) is 1.41. The van der Waals surface area contributed by atoms with Crippen molar-refractivity contribution in [1.29, 1.82) is 0 Å². The van der Waals surface area contributed by atoms with E-state index in [9.17, 15) is 4.79 Å². The van der Waals surface area contributed by atoms with Crippen LogP contribution in [0.4, 0.5) is 0 Å². The smallest absolute Gasteiger partial charge is 0.315 e. The summed E-state index contributed by atoms with van der Waals surface area (Å²) in [5.74, 6) is 0.292. The molecule has 10 heavy (non-hydrogen) atoms. The van der Waals surface area contributed by atoms with Gasteiger partial charge in [0.2, 0.25) is 0 Å². The molecule has 0 atom stereocenters. The summed E-state index contributed by atoms with van der Waals surface area (Å²) >= 11 is 1.59. The normalized spacial score (nSPS) is 11.2. The molecule has 0 spiro atoms. The monoisotopic (exact) mass is 162 g/mol. The van der Waals surface area contributed by atoms with Gasteiger partial charge in [-0.15, -0.1) is 11.8 Å². The molecule has 3 heteroatoms. The van der Waals surface area contributed by atoms with E-state index in [0.717, 1.165) is 0 Å². The van der Waals surface area contributed by atoms with E-state index in [1.165, 1.54) is 7.11 Å². The highest BCUT2D eigenvalue weighted by molar-refractivity contribution is 8.01. The molecule has 0 aliphatic carbocycles. The van der Waals surface area contributed by atoms with Gasteiger partial charge >= 0.3 is 5.97 Å². The summed E-state index contributed by atoms with van der Waals surface area (Å²) in [5, 5.41) is 0.